The van der Waals surface area contributed by atoms with Crippen molar-refractivity contribution in [3.63, 3.8) is 0 Å². The number of likely N-dealkylation sites (tertiary alicyclic amines) is 1. The van der Waals surface area contributed by atoms with Gasteiger partial charge in [0.2, 0.25) is 5.91 Å². The Kier molecular flexibility index (Phi) is 14.6. The molecule has 1 unspecified atom stereocenters. The van der Waals surface area contributed by atoms with E-state index in [0.29, 0.717) is 36.0 Å². The molecule has 1 aliphatic rings. The van der Waals surface area contributed by atoms with Gasteiger partial charge in [-0.2, -0.15) is 21.6 Å². The van der Waals surface area contributed by atoms with Crippen molar-refractivity contribution in [2.24, 2.45) is 5.73 Å². The molecule has 1 fully saturated rings. The number of carbonyl (C=O) groups is 3. The second-order valence-corrected chi connectivity index (χ2v) is 15.1. The molecule has 21 heteroatoms. The number of carboxylic acids is 1. The standard InChI is InChI=1S/C36H36F4N4O7S.C2HF3O2/c1-44(22-25-4-8-26(37)9-5-25)20-2-3-28(23-44)43(34(46)33(41)21-24-6-12-29(45)13-7-24)35(47)42-27-10-14-31(15-11-27)51-52(48,49)32-18-16-30(17-19-32)50-36(38,39)40;3-2(4,5)1(6)7/h4-19,28,33H,2-3,20-23,41H2,1H3,(H-,42,45,47);(H,6,7)/t28-,33-,44?;/m0./s1. The minimum absolute atomic E-state index is 0.0488. The first-order valence-electron chi connectivity index (χ1n) is 17.4. The van der Waals surface area contributed by atoms with E-state index in [1.165, 1.54) is 48.5 Å². The van der Waals surface area contributed by atoms with Crippen molar-refractivity contribution >= 4 is 33.7 Å². The van der Waals surface area contributed by atoms with Crippen LogP contribution in [0.2, 0.25) is 0 Å². The molecule has 1 aliphatic heterocycles. The molecule has 0 bridgehead atoms. The van der Waals surface area contributed by atoms with Gasteiger partial charge in [-0.1, -0.05) is 24.3 Å². The zero-order valence-corrected chi connectivity index (χ0v) is 31.7. The van der Waals surface area contributed by atoms with E-state index in [9.17, 15) is 53.8 Å². The lowest BCUT2D eigenvalue weighted by molar-refractivity contribution is -0.928. The molecule has 318 valence electrons. The van der Waals surface area contributed by atoms with Gasteiger partial charge in [-0.15, -0.1) is 13.2 Å². The Morgan fingerprint density at radius 3 is 1.98 bits per heavy atom. The summed E-state index contributed by atoms with van der Waals surface area (Å²) in [6.07, 6.45) is -8.85. The molecular weight excluding hydrogens is 821 g/mol. The van der Waals surface area contributed by atoms with Crippen molar-refractivity contribution in [2.75, 3.05) is 25.5 Å². The fraction of sp³-hybridized carbons (Fsp3) is 0.289. The first kappa shape index (κ1) is 45.8. The highest BCUT2D eigenvalue weighted by atomic mass is 32.2. The summed E-state index contributed by atoms with van der Waals surface area (Å²) in [5, 5.41) is 21.1. The molecule has 0 radical (unpaired) electrons. The Bertz CT molecular complexity index is 2170. The van der Waals surface area contributed by atoms with E-state index in [-0.39, 0.29) is 29.4 Å². The highest BCUT2D eigenvalue weighted by molar-refractivity contribution is 7.87. The zero-order chi connectivity index (χ0) is 43.8. The number of hydrogen-bond acceptors (Lipinski definition) is 10. The fourth-order valence-electron chi connectivity index (χ4n) is 6.14. The number of phenolic OH excluding ortho intramolecular Hbond substituents is 1. The van der Waals surface area contributed by atoms with Crippen LogP contribution in [0, 0.1) is 5.82 Å². The van der Waals surface area contributed by atoms with E-state index < -0.39 is 63.3 Å². The zero-order valence-electron chi connectivity index (χ0n) is 30.9. The summed E-state index contributed by atoms with van der Waals surface area (Å²) in [5.41, 5.74) is 8.16. The summed E-state index contributed by atoms with van der Waals surface area (Å²) in [6, 6.07) is 18.7. The van der Waals surface area contributed by atoms with Gasteiger partial charge < -0.3 is 39.5 Å². The second-order valence-electron chi connectivity index (χ2n) is 13.6. The van der Waals surface area contributed by atoms with Crippen LogP contribution in [0.15, 0.2) is 102 Å². The van der Waals surface area contributed by atoms with Crippen LogP contribution in [0.1, 0.15) is 24.0 Å². The molecule has 0 aliphatic carbocycles. The minimum Gasteiger partial charge on any atom is -0.542 e. The van der Waals surface area contributed by atoms with Gasteiger partial charge in [-0.3, -0.25) is 9.69 Å². The van der Waals surface area contributed by atoms with Crippen LogP contribution in [0.3, 0.4) is 0 Å². The van der Waals surface area contributed by atoms with Crippen LogP contribution in [-0.4, -0.2) is 85.6 Å². The highest BCUT2D eigenvalue weighted by Crippen LogP contribution is 2.28. The van der Waals surface area contributed by atoms with E-state index in [2.05, 4.69) is 10.1 Å². The number of phenols is 1. The number of hydrogen-bond donors (Lipinski definition) is 3. The second kappa shape index (κ2) is 18.8. The summed E-state index contributed by atoms with van der Waals surface area (Å²) in [5.74, 6) is -4.69. The van der Waals surface area contributed by atoms with Gasteiger partial charge in [-0.05, 0) is 97.6 Å². The molecule has 5 rings (SSSR count). The van der Waals surface area contributed by atoms with Crippen LogP contribution < -0.4 is 25.1 Å². The molecule has 13 nitrogen and oxygen atoms in total. The molecule has 3 amide bonds. The van der Waals surface area contributed by atoms with Crippen molar-refractivity contribution < 1.29 is 77.2 Å². The molecule has 3 atom stereocenters. The molecular formula is C38H37F7N4O9S. The lowest BCUT2D eigenvalue weighted by Crippen LogP contribution is -2.62. The number of benzene rings is 4. The maximum atomic E-state index is 14.0. The van der Waals surface area contributed by atoms with E-state index in [1.807, 2.05) is 7.05 Å². The van der Waals surface area contributed by atoms with Gasteiger partial charge in [0, 0.05) is 11.3 Å². The number of quaternary nitrogens is 1. The predicted octanol–water partition coefficient (Wildman–Crippen LogP) is 5.24. The first-order chi connectivity index (χ1) is 27.4. The number of aliphatic carboxylic acids is 1. The molecule has 59 heavy (non-hydrogen) atoms. The number of nitrogens with one attached hydrogen (secondary N) is 1. The Hall–Kier alpha value is -5.93. The molecule has 4 aromatic rings. The van der Waals surface area contributed by atoms with E-state index in [1.54, 1.807) is 24.3 Å². The summed E-state index contributed by atoms with van der Waals surface area (Å²) in [4.78, 5) is 37.4. The van der Waals surface area contributed by atoms with Crippen LogP contribution in [0.4, 0.5) is 41.2 Å². The Morgan fingerprint density at radius 2 is 1.44 bits per heavy atom. The number of nitrogens with two attached hydrogens (primary N) is 1. The normalized spacial score (nSPS) is 17.4. The number of nitrogens with zero attached hydrogens (tertiary/aromatic N) is 2. The largest absolute Gasteiger partial charge is 0.573 e. The fourth-order valence-corrected chi connectivity index (χ4v) is 7.07. The quantitative estimate of drug-likeness (QED) is 0.102. The van der Waals surface area contributed by atoms with E-state index in [0.717, 1.165) is 41.3 Å². The summed E-state index contributed by atoms with van der Waals surface area (Å²) in [6.45, 7) is 1.69. The van der Waals surface area contributed by atoms with Crippen molar-refractivity contribution in [3.05, 3.63) is 114 Å². The highest BCUT2D eigenvalue weighted by Gasteiger charge is 2.41. The van der Waals surface area contributed by atoms with Crippen LogP contribution in [0.25, 0.3) is 0 Å². The van der Waals surface area contributed by atoms with Crippen molar-refractivity contribution in [1.82, 2.24) is 4.90 Å². The SMILES string of the molecule is C[N+]1(Cc2ccc(F)cc2)CCC[C@H](N(C(=O)Nc2ccc(OS(=O)(=O)c3ccc(OC(F)(F)F)cc3)cc2)C(=O)[C@@H](N)Cc2ccc(O)cc2)C1.O=C([O-])C(F)(F)F. The third-order valence-corrected chi connectivity index (χ3v) is 10.0. The number of amides is 3. The number of alkyl halides is 6. The number of imide groups is 1. The Morgan fingerprint density at radius 1 is 0.898 bits per heavy atom. The number of carboxylic acid groups (broad SMARTS) is 1. The number of carbonyl (C=O) groups excluding carboxylic acids is 3. The van der Waals surface area contributed by atoms with Crippen LogP contribution in [-0.2, 0) is 32.7 Å². The molecule has 1 heterocycles. The van der Waals surface area contributed by atoms with Gasteiger partial charge in [0.05, 0.1) is 25.7 Å². The topological polar surface area (TPSA) is 188 Å². The lowest BCUT2D eigenvalue weighted by Gasteiger charge is -2.44. The van der Waals surface area contributed by atoms with Crippen molar-refractivity contribution in [3.8, 4) is 17.2 Å². The summed E-state index contributed by atoms with van der Waals surface area (Å²) in [7, 11) is -2.44. The van der Waals surface area contributed by atoms with Crippen LogP contribution in [0.5, 0.6) is 17.2 Å². The number of halogens is 7. The number of urea groups is 1. The average molecular weight is 859 g/mol. The molecule has 1 saturated heterocycles. The van der Waals surface area contributed by atoms with E-state index in [4.69, 9.17) is 19.8 Å². The van der Waals surface area contributed by atoms with Crippen molar-refractivity contribution in [1.29, 1.82) is 0 Å². The number of piperidine rings is 1. The summed E-state index contributed by atoms with van der Waals surface area (Å²) < 4.78 is 117. The van der Waals surface area contributed by atoms with Crippen molar-refractivity contribution in [2.45, 2.75) is 55.3 Å². The lowest BCUT2D eigenvalue weighted by atomic mass is 9.98. The van der Waals surface area contributed by atoms with Crippen LogP contribution >= 0.6 is 0 Å². The Balaban J connectivity index is 0.00000101. The Labute approximate surface area is 333 Å². The maximum Gasteiger partial charge on any atom is 0.573 e. The van der Waals surface area contributed by atoms with Gasteiger partial charge in [0.1, 0.15) is 47.0 Å². The van der Waals surface area contributed by atoms with E-state index >= 15 is 0 Å². The number of likely N-dealkylation sites (N-methyl/N-ethyl adjacent to an activating group) is 1. The van der Waals surface area contributed by atoms with Gasteiger partial charge in [-0.25, -0.2) is 9.18 Å². The van der Waals surface area contributed by atoms with Gasteiger partial charge in [0.25, 0.3) is 0 Å². The number of rotatable bonds is 11. The monoisotopic (exact) mass is 858 g/mol. The number of anilines is 1. The maximum absolute atomic E-state index is 14.0. The number of aromatic hydroxyl groups is 1. The molecule has 0 spiro atoms. The molecule has 0 saturated carbocycles. The third kappa shape index (κ3) is 13.9. The first-order valence-corrected chi connectivity index (χ1v) is 18.8. The van der Waals surface area contributed by atoms with Gasteiger partial charge >= 0.3 is 28.7 Å². The molecule has 4 aromatic carbocycles. The minimum atomic E-state index is -5.19. The smallest absolute Gasteiger partial charge is 0.542 e. The van der Waals surface area contributed by atoms with Gasteiger partial charge in [0.15, 0.2) is 0 Å². The predicted molar refractivity (Wildman–Crippen MR) is 193 cm³/mol. The average Bonchev–Trinajstić information content (AvgIpc) is 3.13. The third-order valence-electron chi connectivity index (χ3n) is 8.78. The molecule has 4 N–H and O–H groups in total. The number of ether oxygens (including phenoxy) is 1. The summed E-state index contributed by atoms with van der Waals surface area (Å²) >= 11 is 0. The molecule has 0 aromatic heterocycles.